The summed E-state index contributed by atoms with van der Waals surface area (Å²) in [7, 11) is 0. The summed E-state index contributed by atoms with van der Waals surface area (Å²) in [5.74, 6) is -0.218. The highest BCUT2D eigenvalue weighted by Gasteiger charge is 2.05. The second kappa shape index (κ2) is 4.14. The Bertz CT molecular complexity index is 537. The topological polar surface area (TPSA) is 26.0 Å². The van der Waals surface area contributed by atoms with Gasteiger partial charge in [0.25, 0.3) is 0 Å². The van der Waals surface area contributed by atoms with Gasteiger partial charge in [0.05, 0.1) is 0 Å². The SMILES string of the molecule is Cc1cc(-c2cc(Cl)ccc2N)ccc1F. The first-order valence-electron chi connectivity index (χ1n) is 4.89. The lowest BCUT2D eigenvalue weighted by Gasteiger charge is -2.07. The standard InChI is InChI=1S/C13H11ClFN/c1-8-6-9(2-4-12(8)15)11-7-10(14)3-5-13(11)16/h2-7H,16H2,1H3. The summed E-state index contributed by atoms with van der Waals surface area (Å²) in [5, 5.41) is 0.617. The molecular weight excluding hydrogens is 225 g/mol. The number of hydrogen-bond donors (Lipinski definition) is 1. The lowest BCUT2D eigenvalue weighted by molar-refractivity contribution is 0.619. The van der Waals surface area contributed by atoms with Gasteiger partial charge in [-0.1, -0.05) is 17.7 Å². The van der Waals surface area contributed by atoms with Crippen molar-refractivity contribution in [2.24, 2.45) is 0 Å². The summed E-state index contributed by atoms with van der Waals surface area (Å²) in [5.41, 5.74) is 8.79. The molecular formula is C13H11ClFN. The highest BCUT2D eigenvalue weighted by molar-refractivity contribution is 6.31. The average molecular weight is 236 g/mol. The van der Waals surface area contributed by atoms with Crippen LogP contribution in [0.1, 0.15) is 5.56 Å². The number of benzene rings is 2. The van der Waals surface area contributed by atoms with Crippen LogP contribution in [0.15, 0.2) is 36.4 Å². The number of anilines is 1. The molecule has 0 heterocycles. The van der Waals surface area contributed by atoms with Crippen LogP contribution in [0, 0.1) is 12.7 Å². The first-order chi connectivity index (χ1) is 7.58. The molecule has 0 fully saturated rings. The first-order valence-corrected chi connectivity index (χ1v) is 5.27. The van der Waals surface area contributed by atoms with E-state index in [0.29, 0.717) is 16.3 Å². The summed E-state index contributed by atoms with van der Waals surface area (Å²) < 4.78 is 13.1. The van der Waals surface area contributed by atoms with Crippen molar-refractivity contribution in [1.29, 1.82) is 0 Å². The van der Waals surface area contributed by atoms with Gasteiger partial charge in [-0.3, -0.25) is 0 Å². The molecule has 0 unspecified atom stereocenters. The van der Waals surface area contributed by atoms with Gasteiger partial charge in [0.1, 0.15) is 5.82 Å². The fourth-order valence-corrected chi connectivity index (χ4v) is 1.76. The van der Waals surface area contributed by atoms with Gasteiger partial charge in [0.2, 0.25) is 0 Å². The molecule has 0 radical (unpaired) electrons. The van der Waals surface area contributed by atoms with E-state index >= 15 is 0 Å². The Balaban J connectivity index is 2.58. The summed E-state index contributed by atoms with van der Waals surface area (Å²) in [4.78, 5) is 0. The zero-order valence-electron chi connectivity index (χ0n) is 8.80. The van der Waals surface area contributed by atoms with Crippen LogP contribution >= 0.6 is 11.6 Å². The van der Waals surface area contributed by atoms with Crippen LogP contribution in [0.2, 0.25) is 5.02 Å². The molecule has 2 aromatic carbocycles. The Hall–Kier alpha value is -1.54. The van der Waals surface area contributed by atoms with Crippen molar-refractivity contribution in [3.8, 4) is 11.1 Å². The summed E-state index contributed by atoms with van der Waals surface area (Å²) >= 11 is 5.91. The molecule has 0 aliphatic heterocycles. The van der Waals surface area contributed by atoms with E-state index in [4.69, 9.17) is 17.3 Å². The van der Waals surface area contributed by atoms with Gasteiger partial charge in [-0.25, -0.2) is 4.39 Å². The summed E-state index contributed by atoms with van der Waals surface area (Å²) in [6.07, 6.45) is 0. The molecule has 0 aliphatic rings. The van der Waals surface area contributed by atoms with Crippen molar-refractivity contribution < 1.29 is 4.39 Å². The molecule has 2 rings (SSSR count). The molecule has 0 saturated heterocycles. The van der Waals surface area contributed by atoms with E-state index in [-0.39, 0.29) is 5.82 Å². The molecule has 0 atom stereocenters. The van der Waals surface area contributed by atoms with Gasteiger partial charge in [-0.05, 0) is 48.4 Å². The molecule has 2 N–H and O–H groups in total. The number of aryl methyl sites for hydroxylation is 1. The Labute approximate surface area is 98.7 Å². The van der Waals surface area contributed by atoms with Crippen LogP contribution < -0.4 is 5.73 Å². The second-order valence-corrected chi connectivity index (χ2v) is 4.13. The molecule has 0 saturated carbocycles. The zero-order chi connectivity index (χ0) is 11.7. The van der Waals surface area contributed by atoms with Crippen LogP contribution in [-0.2, 0) is 0 Å². The number of rotatable bonds is 1. The van der Waals surface area contributed by atoms with E-state index in [1.54, 1.807) is 37.3 Å². The molecule has 0 aliphatic carbocycles. The quantitative estimate of drug-likeness (QED) is 0.742. The zero-order valence-corrected chi connectivity index (χ0v) is 9.55. The minimum absolute atomic E-state index is 0.218. The molecule has 3 heteroatoms. The van der Waals surface area contributed by atoms with E-state index in [9.17, 15) is 4.39 Å². The third kappa shape index (κ3) is 2.02. The van der Waals surface area contributed by atoms with Crippen LogP contribution in [0.5, 0.6) is 0 Å². The van der Waals surface area contributed by atoms with Gasteiger partial charge in [0, 0.05) is 16.3 Å². The van der Waals surface area contributed by atoms with Gasteiger partial charge in [-0.15, -0.1) is 0 Å². The fraction of sp³-hybridized carbons (Fsp3) is 0.0769. The Kier molecular flexibility index (Phi) is 2.84. The Morgan fingerprint density at radius 3 is 2.56 bits per heavy atom. The maximum Gasteiger partial charge on any atom is 0.126 e. The van der Waals surface area contributed by atoms with Gasteiger partial charge in [0.15, 0.2) is 0 Å². The van der Waals surface area contributed by atoms with Crippen molar-refractivity contribution in [3.05, 3.63) is 52.8 Å². The van der Waals surface area contributed by atoms with Crippen LogP contribution in [0.4, 0.5) is 10.1 Å². The molecule has 0 aromatic heterocycles. The minimum atomic E-state index is -0.218. The number of hydrogen-bond acceptors (Lipinski definition) is 1. The minimum Gasteiger partial charge on any atom is -0.398 e. The van der Waals surface area contributed by atoms with Crippen molar-refractivity contribution >= 4 is 17.3 Å². The van der Waals surface area contributed by atoms with E-state index in [2.05, 4.69) is 0 Å². The summed E-state index contributed by atoms with van der Waals surface area (Å²) in [6, 6.07) is 10.2. The van der Waals surface area contributed by atoms with Crippen molar-refractivity contribution in [1.82, 2.24) is 0 Å². The molecule has 0 spiro atoms. The number of nitrogens with two attached hydrogens (primary N) is 1. The third-order valence-corrected chi connectivity index (χ3v) is 2.72. The molecule has 16 heavy (non-hydrogen) atoms. The maximum absolute atomic E-state index is 13.1. The lowest BCUT2D eigenvalue weighted by Crippen LogP contribution is -1.91. The normalized spacial score (nSPS) is 10.4. The molecule has 1 nitrogen and oxygen atoms in total. The first kappa shape index (κ1) is 11.0. The van der Waals surface area contributed by atoms with E-state index < -0.39 is 0 Å². The van der Waals surface area contributed by atoms with E-state index in [0.717, 1.165) is 11.1 Å². The van der Waals surface area contributed by atoms with Gasteiger partial charge < -0.3 is 5.73 Å². The Morgan fingerprint density at radius 2 is 1.88 bits per heavy atom. The van der Waals surface area contributed by atoms with Crippen molar-refractivity contribution in [2.45, 2.75) is 6.92 Å². The van der Waals surface area contributed by atoms with E-state index in [1.165, 1.54) is 6.07 Å². The average Bonchev–Trinajstić information content (AvgIpc) is 2.26. The van der Waals surface area contributed by atoms with E-state index in [1.807, 2.05) is 0 Å². The maximum atomic E-state index is 13.1. The lowest BCUT2D eigenvalue weighted by atomic mass is 10.0. The Morgan fingerprint density at radius 1 is 1.12 bits per heavy atom. The van der Waals surface area contributed by atoms with Gasteiger partial charge >= 0.3 is 0 Å². The van der Waals surface area contributed by atoms with Gasteiger partial charge in [-0.2, -0.15) is 0 Å². The number of halogens is 2. The largest absolute Gasteiger partial charge is 0.398 e. The molecule has 0 bridgehead atoms. The van der Waals surface area contributed by atoms with Crippen LogP contribution in [0.25, 0.3) is 11.1 Å². The third-order valence-electron chi connectivity index (χ3n) is 2.48. The van der Waals surface area contributed by atoms with Crippen molar-refractivity contribution in [3.63, 3.8) is 0 Å². The van der Waals surface area contributed by atoms with Crippen LogP contribution in [0.3, 0.4) is 0 Å². The molecule has 2 aromatic rings. The fourth-order valence-electron chi connectivity index (χ4n) is 1.59. The summed E-state index contributed by atoms with van der Waals surface area (Å²) in [6.45, 7) is 1.72. The predicted octanol–water partition coefficient (Wildman–Crippen LogP) is 4.04. The monoisotopic (exact) mass is 235 g/mol. The van der Waals surface area contributed by atoms with Crippen LogP contribution in [-0.4, -0.2) is 0 Å². The van der Waals surface area contributed by atoms with Crippen molar-refractivity contribution in [2.75, 3.05) is 5.73 Å². The smallest absolute Gasteiger partial charge is 0.126 e. The molecule has 82 valence electrons. The predicted molar refractivity (Wildman–Crippen MR) is 66.0 cm³/mol. The highest BCUT2D eigenvalue weighted by atomic mass is 35.5. The molecule has 0 amide bonds. The number of nitrogen functional groups attached to an aromatic ring is 1. The second-order valence-electron chi connectivity index (χ2n) is 3.70. The highest BCUT2D eigenvalue weighted by Crippen LogP contribution is 2.29.